The zero-order valence-corrected chi connectivity index (χ0v) is 18.3. The molecule has 0 saturated carbocycles. The minimum Gasteiger partial charge on any atom is -0.490 e. The van der Waals surface area contributed by atoms with Crippen LogP contribution in [0.4, 0.5) is 0 Å². The third-order valence-electron chi connectivity index (χ3n) is 5.18. The van der Waals surface area contributed by atoms with Crippen molar-refractivity contribution in [3.8, 4) is 11.5 Å². The number of amides is 1. The lowest BCUT2D eigenvalue weighted by Crippen LogP contribution is -2.39. The highest BCUT2D eigenvalue weighted by molar-refractivity contribution is 5.94. The van der Waals surface area contributed by atoms with Crippen LogP contribution in [0.5, 0.6) is 11.5 Å². The first-order chi connectivity index (χ1) is 13.8. The van der Waals surface area contributed by atoms with Crippen molar-refractivity contribution in [1.82, 2.24) is 14.9 Å². The Hall–Kier alpha value is -2.63. The zero-order valence-electron chi connectivity index (χ0n) is 18.3. The van der Waals surface area contributed by atoms with E-state index in [0.717, 1.165) is 29.3 Å². The van der Waals surface area contributed by atoms with Crippen LogP contribution >= 0.6 is 0 Å². The summed E-state index contributed by atoms with van der Waals surface area (Å²) < 4.78 is 11.5. The Morgan fingerprint density at radius 3 is 2.24 bits per heavy atom. The van der Waals surface area contributed by atoms with Crippen molar-refractivity contribution in [1.29, 1.82) is 0 Å². The lowest BCUT2D eigenvalue weighted by molar-refractivity contribution is 0.0676. The Morgan fingerprint density at radius 2 is 1.69 bits per heavy atom. The van der Waals surface area contributed by atoms with Crippen LogP contribution < -0.4 is 9.47 Å². The molecule has 156 valence electrons. The quantitative estimate of drug-likeness (QED) is 0.751. The molecular formula is C23H31N3O3. The van der Waals surface area contributed by atoms with Gasteiger partial charge in [0.15, 0.2) is 11.5 Å². The number of fused-ring (bicyclic) bond motifs is 1. The molecule has 1 amide bonds. The van der Waals surface area contributed by atoms with E-state index in [0.29, 0.717) is 25.3 Å². The molecule has 6 nitrogen and oxygen atoms in total. The summed E-state index contributed by atoms with van der Waals surface area (Å²) in [4.78, 5) is 23.9. The molecule has 6 heteroatoms. The Labute approximate surface area is 173 Å². The van der Waals surface area contributed by atoms with Gasteiger partial charge in [-0.05, 0) is 50.5 Å². The standard InChI is InChI=1S/C23H31N3O3/c1-7-28-19-11-16-9-10-26(15(3)18(16)12-20(19)29-8-2)21(27)17-13-24-22(25-14-17)23(4,5)6/h11-15H,7-10H2,1-6H3/t15-/m1/s1. The maximum absolute atomic E-state index is 13.2. The molecule has 1 aromatic heterocycles. The summed E-state index contributed by atoms with van der Waals surface area (Å²) in [6, 6.07) is 4.01. The van der Waals surface area contributed by atoms with Gasteiger partial charge in [0, 0.05) is 24.4 Å². The fraction of sp³-hybridized carbons (Fsp3) is 0.522. The maximum atomic E-state index is 13.2. The number of hydrogen-bond acceptors (Lipinski definition) is 5. The third-order valence-corrected chi connectivity index (χ3v) is 5.18. The summed E-state index contributed by atoms with van der Waals surface area (Å²) in [6.07, 6.45) is 4.06. The van der Waals surface area contributed by atoms with E-state index in [9.17, 15) is 4.79 Å². The van der Waals surface area contributed by atoms with Crippen molar-refractivity contribution >= 4 is 5.91 Å². The number of rotatable bonds is 5. The molecule has 0 unspecified atom stereocenters. The molecule has 1 aliphatic rings. The van der Waals surface area contributed by atoms with Crippen molar-refractivity contribution in [2.45, 2.75) is 59.4 Å². The number of nitrogens with zero attached hydrogens (tertiary/aromatic N) is 3. The van der Waals surface area contributed by atoms with E-state index in [4.69, 9.17) is 9.47 Å². The van der Waals surface area contributed by atoms with Crippen LogP contribution in [0.25, 0.3) is 0 Å². The van der Waals surface area contributed by atoms with Gasteiger partial charge in [0.1, 0.15) is 5.82 Å². The fourth-order valence-corrected chi connectivity index (χ4v) is 3.63. The highest BCUT2D eigenvalue weighted by Gasteiger charge is 2.30. The van der Waals surface area contributed by atoms with E-state index < -0.39 is 0 Å². The number of carbonyl (C=O) groups is 1. The van der Waals surface area contributed by atoms with E-state index in [-0.39, 0.29) is 17.4 Å². The van der Waals surface area contributed by atoms with E-state index in [1.807, 2.05) is 24.8 Å². The number of benzene rings is 1. The van der Waals surface area contributed by atoms with E-state index in [2.05, 4.69) is 43.7 Å². The molecule has 29 heavy (non-hydrogen) atoms. The third kappa shape index (κ3) is 4.36. The smallest absolute Gasteiger partial charge is 0.257 e. The highest BCUT2D eigenvalue weighted by atomic mass is 16.5. The van der Waals surface area contributed by atoms with Gasteiger partial charge in [-0.2, -0.15) is 0 Å². The molecule has 0 saturated heterocycles. The molecule has 2 heterocycles. The summed E-state index contributed by atoms with van der Waals surface area (Å²) in [5.41, 5.74) is 2.67. The summed E-state index contributed by atoms with van der Waals surface area (Å²) in [6.45, 7) is 13.9. The SMILES string of the molecule is CCOc1cc2c(cc1OCC)[C@@H](C)N(C(=O)c1cnc(C(C)(C)C)nc1)CC2. The molecule has 0 bridgehead atoms. The Morgan fingerprint density at radius 1 is 1.10 bits per heavy atom. The molecule has 1 atom stereocenters. The van der Waals surface area contributed by atoms with E-state index in [1.54, 1.807) is 12.4 Å². The largest absolute Gasteiger partial charge is 0.490 e. The van der Waals surface area contributed by atoms with Crippen LogP contribution in [0.15, 0.2) is 24.5 Å². The molecule has 0 fully saturated rings. The van der Waals surface area contributed by atoms with Crippen molar-refractivity contribution < 1.29 is 14.3 Å². The number of hydrogen-bond donors (Lipinski definition) is 0. The molecule has 3 rings (SSSR count). The first-order valence-corrected chi connectivity index (χ1v) is 10.3. The van der Waals surface area contributed by atoms with Gasteiger partial charge in [-0.15, -0.1) is 0 Å². The second kappa shape index (κ2) is 8.39. The summed E-state index contributed by atoms with van der Waals surface area (Å²) >= 11 is 0. The second-order valence-corrected chi connectivity index (χ2v) is 8.33. The predicted molar refractivity (Wildman–Crippen MR) is 113 cm³/mol. The summed E-state index contributed by atoms with van der Waals surface area (Å²) in [7, 11) is 0. The lowest BCUT2D eigenvalue weighted by atomic mass is 9.92. The Bertz CT molecular complexity index is 872. The van der Waals surface area contributed by atoms with Crippen molar-refractivity contribution in [2.24, 2.45) is 0 Å². The van der Waals surface area contributed by atoms with Gasteiger partial charge < -0.3 is 14.4 Å². The average molecular weight is 398 g/mol. The van der Waals surface area contributed by atoms with Crippen molar-refractivity contribution in [2.75, 3.05) is 19.8 Å². The Kier molecular flexibility index (Phi) is 6.10. The van der Waals surface area contributed by atoms with Gasteiger partial charge in [0.25, 0.3) is 5.91 Å². The lowest BCUT2D eigenvalue weighted by Gasteiger charge is -2.36. The molecule has 0 N–H and O–H groups in total. The van der Waals surface area contributed by atoms with Crippen LogP contribution in [-0.4, -0.2) is 40.5 Å². The van der Waals surface area contributed by atoms with E-state index >= 15 is 0 Å². The van der Waals surface area contributed by atoms with Crippen LogP contribution in [0, 0.1) is 0 Å². The molecule has 0 aliphatic carbocycles. The van der Waals surface area contributed by atoms with Crippen molar-refractivity contribution in [3.05, 3.63) is 47.0 Å². The topological polar surface area (TPSA) is 64.6 Å². The minimum absolute atomic E-state index is 0.0459. The van der Waals surface area contributed by atoms with Gasteiger partial charge in [0.2, 0.25) is 0 Å². The molecule has 1 aliphatic heterocycles. The summed E-state index contributed by atoms with van der Waals surface area (Å²) in [5, 5.41) is 0. The average Bonchev–Trinajstić information content (AvgIpc) is 2.68. The first kappa shape index (κ1) is 21.1. The Balaban J connectivity index is 1.87. The van der Waals surface area contributed by atoms with Crippen LogP contribution in [0.1, 0.15) is 74.9 Å². The number of carbonyl (C=O) groups excluding carboxylic acids is 1. The molecule has 0 radical (unpaired) electrons. The molecule has 0 spiro atoms. The van der Waals surface area contributed by atoms with Crippen LogP contribution in [0.2, 0.25) is 0 Å². The zero-order chi connectivity index (χ0) is 21.2. The number of aromatic nitrogens is 2. The van der Waals surface area contributed by atoms with Gasteiger partial charge >= 0.3 is 0 Å². The first-order valence-electron chi connectivity index (χ1n) is 10.3. The van der Waals surface area contributed by atoms with Gasteiger partial charge in [-0.25, -0.2) is 9.97 Å². The van der Waals surface area contributed by atoms with Crippen molar-refractivity contribution in [3.63, 3.8) is 0 Å². The van der Waals surface area contributed by atoms with Crippen LogP contribution in [-0.2, 0) is 11.8 Å². The predicted octanol–water partition coefficient (Wildman–Crippen LogP) is 4.33. The van der Waals surface area contributed by atoms with E-state index in [1.165, 1.54) is 5.56 Å². The minimum atomic E-state index is -0.146. The molecular weight excluding hydrogens is 366 g/mol. The monoisotopic (exact) mass is 397 g/mol. The molecule has 2 aromatic rings. The normalized spacial score (nSPS) is 16.3. The molecule has 1 aromatic carbocycles. The highest BCUT2D eigenvalue weighted by Crippen LogP contribution is 2.38. The van der Waals surface area contributed by atoms with Crippen LogP contribution in [0.3, 0.4) is 0 Å². The second-order valence-electron chi connectivity index (χ2n) is 8.33. The number of ether oxygens (including phenoxy) is 2. The summed E-state index contributed by atoms with van der Waals surface area (Å²) in [5.74, 6) is 2.18. The van der Waals surface area contributed by atoms with Gasteiger partial charge in [-0.1, -0.05) is 20.8 Å². The van der Waals surface area contributed by atoms with Gasteiger partial charge in [-0.3, -0.25) is 4.79 Å². The fourth-order valence-electron chi connectivity index (χ4n) is 3.63. The van der Waals surface area contributed by atoms with Gasteiger partial charge in [0.05, 0.1) is 24.8 Å². The maximum Gasteiger partial charge on any atom is 0.257 e.